The second-order valence-electron chi connectivity index (χ2n) is 5.43. The monoisotopic (exact) mass is 358 g/mol. The van der Waals surface area contributed by atoms with Crippen molar-refractivity contribution in [2.45, 2.75) is 19.9 Å². The number of carbonyl (C=O) groups excluding carboxylic acids is 4. The van der Waals surface area contributed by atoms with Gasteiger partial charge in [0.2, 0.25) is 0 Å². The van der Waals surface area contributed by atoms with Gasteiger partial charge in [-0.3, -0.25) is 14.4 Å². The fourth-order valence-electron chi connectivity index (χ4n) is 2.08. The van der Waals surface area contributed by atoms with E-state index in [0.717, 1.165) is 0 Å². The molecule has 2 amide bonds. The molecular formula is C18H18N2O6. The number of ketones is 1. The molecule has 0 fully saturated rings. The molecular weight excluding hydrogens is 340 g/mol. The topological polar surface area (TPSA) is 115 Å². The molecule has 2 aromatic rings. The number of rotatable bonds is 7. The van der Waals surface area contributed by atoms with Gasteiger partial charge in [-0.1, -0.05) is 12.1 Å². The summed E-state index contributed by atoms with van der Waals surface area (Å²) in [6.07, 6.45) is 1.33. The van der Waals surface area contributed by atoms with Crippen LogP contribution < -0.4 is 10.6 Å². The van der Waals surface area contributed by atoms with Crippen LogP contribution in [0.15, 0.2) is 47.1 Å². The molecule has 1 atom stereocenters. The van der Waals surface area contributed by atoms with Crippen molar-refractivity contribution in [3.63, 3.8) is 0 Å². The molecule has 1 aromatic carbocycles. The number of hydrogen-bond acceptors (Lipinski definition) is 6. The number of esters is 1. The number of Topliss-reactive ketones (excluding diaryl/α,β-unsaturated/α-hetero) is 1. The van der Waals surface area contributed by atoms with Crippen molar-refractivity contribution >= 4 is 29.3 Å². The lowest BCUT2D eigenvalue weighted by Gasteiger charge is -2.13. The average Bonchev–Trinajstić information content (AvgIpc) is 3.14. The molecule has 0 spiro atoms. The number of amides is 2. The Kier molecular flexibility index (Phi) is 6.26. The summed E-state index contributed by atoms with van der Waals surface area (Å²) in [6, 6.07) is 8.52. The Labute approximate surface area is 149 Å². The van der Waals surface area contributed by atoms with Gasteiger partial charge in [0.15, 0.2) is 18.2 Å². The molecule has 8 heteroatoms. The highest BCUT2D eigenvalue weighted by Crippen LogP contribution is 2.15. The lowest BCUT2D eigenvalue weighted by atomic mass is 10.1. The number of ether oxygens (including phenoxy) is 1. The van der Waals surface area contributed by atoms with E-state index < -0.39 is 30.4 Å². The van der Waals surface area contributed by atoms with Crippen LogP contribution in [0.5, 0.6) is 0 Å². The van der Waals surface area contributed by atoms with E-state index in [0.29, 0.717) is 11.3 Å². The molecule has 26 heavy (non-hydrogen) atoms. The number of nitrogens with one attached hydrogen (secondary N) is 2. The van der Waals surface area contributed by atoms with Gasteiger partial charge in [-0.25, -0.2) is 4.79 Å². The Hall–Kier alpha value is -3.42. The zero-order valence-electron chi connectivity index (χ0n) is 14.3. The number of hydrogen-bond donors (Lipinski definition) is 2. The van der Waals surface area contributed by atoms with Crippen molar-refractivity contribution in [3.05, 3.63) is 54.0 Å². The molecule has 8 nitrogen and oxygen atoms in total. The minimum Gasteiger partial charge on any atom is -0.459 e. The van der Waals surface area contributed by atoms with Crippen LogP contribution in [0.2, 0.25) is 0 Å². The molecule has 2 rings (SSSR count). The summed E-state index contributed by atoms with van der Waals surface area (Å²) in [5, 5.41) is 4.91. The third kappa shape index (κ3) is 5.04. The third-order valence-electron chi connectivity index (χ3n) is 3.37. The van der Waals surface area contributed by atoms with Crippen molar-refractivity contribution in [2.75, 3.05) is 11.9 Å². The lowest BCUT2D eigenvalue weighted by Crippen LogP contribution is -2.40. The van der Waals surface area contributed by atoms with Crippen LogP contribution >= 0.6 is 0 Å². The van der Waals surface area contributed by atoms with E-state index in [1.165, 1.54) is 26.2 Å². The Morgan fingerprint density at radius 2 is 1.85 bits per heavy atom. The van der Waals surface area contributed by atoms with E-state index in [9.17, 15) is 19.2 Å². The molecule has 1 aromatic heterocycles. The van der Waals surface area contributed by atoms with Gasteiger partial charge in [-0.2, -0.15) is 0 Å². The zero-order valence-corrected chi connectivity index (χ0v) is 14.3. The molecule has 2 N–H and O–H groups in total. The van der Waals surface area contributed by atoms with Crippen molar-refractivity contribution in [2.24, 2.45) is 0 Å². The first kappa shape index (κ1) is 18.9. The van der Waals surface area contributed by atoms with Gasteiger partial charge in [0.05, 0.1) is 12.0 Å². The number of carbonyl (C=O) groups is 4. The van der Waals surface area contributed by atoms with Crippen LogP contribution in [-0.4, -0.2) is 36.2 Å². The highest BCUT2D eigenvalue weighted by atomic mass is 16.5. The van der Waals surface area contributed by atoms with E-state index in [-0.39, 0.29) is 11.5 Å². The summed E-state index contributed by atoms with van der Waals surface area (Å²) in [5.41, 5.74) is 0.687. The highest BCUT2D eigenvalue weighted by molar-refractivity contribution is 6.04. The summed E-state index contributed by atoms with van der Waals surface area (Å²) in [7, 11) is 0. The van der Waals surface area contributed by atoms with Crippen LogP contribution in [-0.2, 0) is 14.3 Å². The van der Waals surface area contributed by atoms with Gasteiger partial charge < -0.3 is 19.8 Å². The predicted octanol–water partition coefficient (Wildman–Crippen LogP) is 1.78. The average molecular weight is 358 g/mol. The van der Waals surface area contributed by atoms with Gasteiger partial charge >= 0.3 is 5.97 Å². The maximum atomic E-state index is 11.9. The van der Waals surface area contributed by atoms with E-state index >= 15 is 0 Å². The van der Waals surface area contributed by atoms with Gasteiger partial charge in [-0.05, 0) is 38.1 Å². The highest BCUT2D eigenvalue weighted by Gasteiger charge is 2.20. The van der Waals surface area contributed by atoms with Crippen LogP contribution in [0.3, 0.4) is 0 Å². The first-order valence-corrected chi connectivity index (χ1v) is 7.79. The molecule has 0 radical (unpaired) electrons. The normalized spacial score (nSPS) is 11.3. The van der Waals surface area contributed by atoms with Gasteiger partial charge in [0.1, 0.15) is 6.04 Å². The quantitative estimate of drug-likeness (QED) is 0.576. The molecule has 0 aliphatic rings. The maximum absolute atomic E-state index is 11.9. The van der Waals surface area contributed by atoms with Crippen molar-refractivity contribution in [1.82, 2.24) is 5.32 Å². The van der Waals surface area contributed by atoms with E-state index in [2.05, 4.69) is 10.6 Å². The molecule has 1 heterocycles. The zero-order chi connectivity index (χ0) is 19.1. The molecule has 0 bridgehead atoms. The molecule has 0 aliphatic carbocycles. The van der Waals surface area contributed by atoms with E-state index in [1.807, 2.05) is 0 Å². The minimum atomic E-state index is -0.968. The maximum Gasteiger partial charge on any atom is 0.328 e. The Bertz CT molecular complexity index is 813. The molecule has 0 saturated carbocycles. The van der Waals surface area contributed by atoms with Crippen molar-refractivity contribution in [3.8, 4) is 0 Å². The predicted molar refractivity (Wildman–Crippen MR) is 91.7 cm³/mol. The number of furan rings is 1. The number of para-hydroxylation sites is 1. The standard InChI is InChI=1S/C18H18N2O6/c1-11(19-17(23)15-8-5-9-25-15)18(24)26-10-16(22)20-14-7-4-3-6-13(14)12(2)21/h3-9,11H,10H2,1-2H3,(H,19,23)(H,20,22)/t11-/m0/s1. The summed E-state index contributed by atoms with van der Waals surface area (Å²) < 4.78 is 9.79. The summed E-state index contributed by atoms with van der Waals surface area (Å²) >= 11 is 0. The first-order valence-electron chi connectivity index (χ1n) is 7.79. The van der Waals surface area contributed by atoms with Crippen LogP contribution in [0.1, 0.15) is 34.8 Å². The van der Waals surface area contributed by atoms with Gasteiger partial charge in [0.25, 0.3) is 11.8 Å². The van der Waals surface area contributed by atoms with Crippen LogP contribution in [0.25, 0.3) is 0 Å². The molecule has 0 saturated heterocycles. The lowest BCUT2D eigenvalue weighted by molar-refractivity contribution is -0.148. The van der Waals surface area contributed by atoms with Crippen molar-refractivity contribution < 1.29 is 28.3 Å². The van der Waals surface area contributed by atoms with Gasteiger partial charge in [-0.15, -0.1) is 0 Å². The summed E-state index contributed by atoms with van der Waals surface area (Å²) in [4.78, 5) is 47.1. The summed E-state index contributed by atoms with van der Waals surface area (Å²) in [5.74, 6) is -2.09. The first-order chi connectivity index (χ1) is 12.4. The fraction of sp³-hybridized carbons (Fsp3) is 0.222. The van der Waals surface area contributed by atoms with Crippen molar-refractivity contribution in [1.29, 1.82) is 0 Å². The second kappa shape index (κ2) is 8.61. The number of anilines is 1. The smallest absolute Gasteiger partial charge is 0.328 e. The van der Waals surface area contributed by atoms with E-state index in [1.54, 1.807) is 30.3 Å². The Morgan fingerprint density at radius 1 is 1.12 bits per heavy atom. The number of benzene rings is 1. The molecule has 136 valence electrons. The SMILES string of the molecule is CC(=O)c1ccccc1NC(=O)COC(=O)[C@H](C)NC(=O)c1ccco1. The van der Waals surface area contributed by atoms with Crippen LogP contribution in [0, 0.1) is 0 Å². The van der Waals surface area contributed by atoms with E-state index in [4.69, 9.17) is 9.15 Å². The minimum absolute atomic E-state index is 0.0585. The summed E-state index contributed by atoms with van der Waals surface area (Å²) in [6.45, 7) is 2.26. The van der Waals surface area contributed by atoms with Gasteiger partial charge in [0, 0.05) is 5.56 Å². The Morgan fingerprint density at radius 3 is 2.50 bits per heavy atom. The largest absolute Gasteiger partial charge is 0.459 e. The molecule has 0 aliphatic heterocycles. The van der Waals surface area contributed by atoms with Crippen LogP contribution in [0.4, 0.5) is 5.69 Å². The third-order valence-corrected chi connectivity index (χ3v) is 3.37. The fourth-order valence-corrected chi connectivity index (χ4v) is 2.08. The molecule has 0 unspecified atom stereocenters. The second-order valence-corrected chi connectivity index (χ2v) is 5.43. The Balaban J connectivity index is 1.84.